The lowest BCUT2D eigenvalue weighted by molar-refractivity contribution is -0.125. The number of nitrogens with zero attached hydrogens (tertiary/aromatic N) is 1. The summed E-state index contributed by atoms with van der Waals surface area (Å²) >= 11 is 0. The van der Waals surface area contributed by atoms with Crippen LogP contribution in [-0.2, 0) is 25.0 Å². The fourth-order valence-corrected chi connectivity index (χ4v) is 6.16. The Kier molecular flexibility index (Phi) is 10.0. The molecular weight excluding hydrogens is 387 g/mol. The van der Waals surface area contributed by atoms with E-state index < -0.39 is 12.9 Å². The monoisotopic (exact) mass is 426 g/mol. The summed E-state index contributed by atoms with van der Waals surface area (Å²) in [6.07, 6.45) is 1.08. The van der Waals surface area contributed by atoms with Gasteiger partial charge in [-0.2, -0.15) is 0 Å². The van der Waals surface area contributed by atoms with Crippen molar-refractivity contribution >= 4 is 13.5 Å². The molecule has 29 heavy (non-hydrogen) atoms. The number of hydrogen-bond acceptors (Lipinski definition) is 5. The van der Waals surface area contributed by atoms with Crippen molar-refractivity contribution in [3.8, 4) is 0 Å². The Hall–Kier alpha value is -1.20. The summed E-state index contributed by atoms with van der Waals surface area (Å²) in [6, 6.07) is 9.91. The van der Waals surface area contributed by atoms with Gasteiger partial charge in [-0.05, 0) is 53.0 Å². The highest BCUT2D eigenvalue weighted by Crippen LogP contribution is 2.64. The van der Waals surface area contributed by atoms with Gasteiger partial charge in [0, 0.05) is 12.1 Å². The lowest BCUT2D eigenvalue weighted by Crippen LogP contribution is -2.53. The zero-order valence-corrected chi connectivity index (χ0v) is 20.1. The van der Waals surface area contributed by atoms with Gasteiger partial charge in [-0.3, -0.25) is 14.3 Å². The van der Waals surface area contributed by atoms with Crippen LogP contribution in [0.15, 0.2) is 30.3 Å². The SMILES string of the molecule is CCOP(=O)(OCC)C(CC)(CC)N(CC(=O)NC(C)(C)C)Cc1ccccc1. The first-order chi connectivity index (χ1) is 13.6. The molecule has 0 fully saturated rings. The van der Waals surface area contributed by atoms with Crippen LogP contribution in [0.3, 0.4) is 0 Å². The number of rotatable bonds is 12. The van der Waals surface area contributed by atoms with Crippen LogP contribution in [0, 0.1) is 0 Å². The molecule has 166 valence electrons. The maximum atomic E-state index is 14.0. The Morgan fingerprint density at radius 2 is 1.52 bits per heavy atom. The second-order valence-corrected chi connectivity index (χ2v) is 10.5. The van der Waals surface area contributed by atoms with E-state index in [0.29, 0.717) is 19.4 Å². The van der Waals surface area contributed by atoms with E-state index in [2.05, 4.69) is 5.32 Å². The summed E-state index contributed by atoms with van der Waals surface area (Å²) in [7, 11) is -3.52. The Morgan fingerprint density at radius 1 is 1.00 bits per heavy atom. The minimum atomic E-state index is -3.52. The van der Waals surface area contributed by atoms with E-state index in [1.165, 1.54) is 0 Å². The standard InChI is InChI=1S/C22H39N2O4P/c1-8-22(9-2,29(26,27-10-3)28-11-4)24(17-19-15-13-12-14-16-19)18-20(25)23-21(5,6)7/h12-16H,8-11,17-18H2,1-7H3,(H,23,25). The third kappa shape index (κ3) is 6.92. The van der Waals surface area contributed by atoms with Crippen LogP contribution in [0.4, 0.5) is 0 Å². The van der Waals surface area contributed by atoms with Crippen LogP contribution in [0.2, 0.25) is 0 Å². The second kappa shape index (κ2) is 11.3. The molecule has 0 bridgehead atoms. The van der Waals surface area contributed by atoms with E-state index in [1.54, 1.807) is 0 Å². The van der Waals surface area contributed by atoms with Gasteiger partial charge < -0.3 is 14.4 Å². The van der Waals surface area contributed by atoms with Crippen LogP contribution in [0.25, 0.3) is 0 Å². The maximum absolute atomic E-state index is 14.0. The average molecular weight is 427 g/mol. The lowest BCUT2D eigenvalue weighted by Gasteiger charge is -2.46. The topological polar surface area (TPSA) is 67.9 Å². The largest absolute Gasteiger partial charge is 0.350 e. The Morgan fingerprint density at radius 3 is 1.93 bits per heavy atom. The Labute approximate surface area is 176 Å². The van der Waals surface area contributed by atoms with Gasteiger partial charge in [0.1, 0.15) is 5.28 Å². The molecule has 0 heterocycles. The molecular formula is C22H39N2O4P. The lowest BCUT2D eigenvalue weighted by atomic mass is 10.1. The third-order valence-corrected chi connectivity index (χ3v) is 8.03. The third-order valence-electron chi connectivity index (χ3n) is 4.89. The Bertz CT molecular complexity index is 659. The van der Waals surface area contributed by atoms with Crippen molar-refractivity contribution in [2.24, 2.45) is 0 Å². The maximum Gasteiger partial charge on any atom is 0.350 e. The van der Waals surface area contributed by atoms with Gasteiger partial charge in [0.15, 0.2) is 0 Å². The summed E-state index contributed by atoms with van der Waals surface area (Å²) in [4.78, 5) is 14.8. The molecule has 0 aliphatic carbocycles. The van der Waals surface area contributed by atoms with Gasteiger partial charge in [-0.15, -0.1) is 0 Å². The number of amides is 1. The molecule has 0 atom stereocenters. The Balaban J connectivity index is 3.42. The van der Waals surface area contributed by atoms with Crippen molar-refractivity contribution in [1.82, 2.24) is 10.2 Å². The van der Waals surface area contributed by atoms with Crippen LogP contribution in [0.1, 0.15) is 66.9 Å². The molecule has 0 aliphatic rings. The predicted molar refractivity (Wildman–Crippen MR) is 119 cm³/mol. The van der Waals surface area contributed by atoms with Crippen molar-refractivity contribution in [3.63, 3.8) is 0 Å². The molecule has 0 saturated carbocycles. The first-order valence-electron chi connectivity index (χ1n) is 10.6. The van der Waals surface area contributed by atoms with E-state index in [4.69, 9.17) is 9.05 Å². The highest BCUT2D eigenvalue weighted by Gasteiger charge is 2.53. The van der Waals surface area contributed by atoms with Crippen LogP contribution in [0.5, 0.6) is 0 Å². The second-order valence-electron chi connectivity index (χ2n) is 8.16. The highest BCUT2D eigenvalue weighted by molar-refractivity contribution is 7.55. The van der Waals surface area contributed by atoms with Crippen molar-refractivity contribution in [1.29, 1.82) is 0 Å². The number of nitrogens with one attached hydrogen (secondary N) is 1. The van der Waals surface area contributed by atoms with Gasteiger partial charge >= 0.3 is 7.60 Å². The number of carbonyl (C=O) groups is 1. The van der Waals surface area contributed by atoms with Crippen LogP contribution >= 0.6 is 7.60 Å². The molecule has 1 aromatic rings. The van der Waals surface area contributed by atoms with E-state index in [9.17, 15) is 9.36 Å². The number of carbonyl (C=O) groups excluding carboxylic acids is 1. The summed E-state index contributed by atoms with van der Waals surface area (Å²) in [5.41, 5.74) is 0.696. The van der Waals surface area contributed by atoms with E-state index in [-0.39, 0.29) is 31.2 Å². The van der Waals surface area contributed by atoms with Crippen molar-refractivity contribution in [2.45, 2.75) is 78.7 Å². The van der Waals surface area contributed by atoms with Crippen molar-refractivity contribution in [3.05, 3.63) is 35.9 Å². The fraction of sp³-hybridized carbons (Fsp3) is 0.682. The van der Waals surface area contributed by atoms with Crippen molar-refractivity contribution < 1.29 is 18.4 Å². The number of hydrogen-bond donors (Lipinski definition) is 1. The molecule has 0 aliphatic heterocycles. The normalized spacial score (nSPS) is 13.0. The molecule has 0 radical (unpaired) electrons. The quantitative estimate of drug-likeness (QED) is 0.466. The molecule has 1 aromatic carbocycles. The predicted octanol–water partition coefficient (Wildman–Crippen LogP) is 5.19. The minimum absolute atomic E-state index is 0.109. The van der Waals surface area contributed by atoms with Crippen molar-refractivity contribution in [2.75, 3.05) is 19.8 Å². The molecule has 0 saturated heterocycles. The molecule has 1 rings (SSSR count). The first kappa shape index (κ1) is 25.8. The summed E-state index contributed by atoms with van der Waals surface area (Å²) in [6.45, 7) is 14.6. The fourth-order valence-electron chi connectivity index (χ4n) is 3.66. The van der Waals surface area contributed by atoms with Gasteiger partial charge in [0.05, 0.1) is 19.8 Å². The van der Waals surface area contributed by atoms with Gasteiger partial charge in [-0.25, -0.2) is 0 Å². The van der Waals surface area contributed by atoms with E-state index in [1.807, 2.05) is 83.7 Å². The minimum Gasteiger partial charge on any atom is -0.350 e. The summed E-state index contributed by atoms with van der Waals surface area (Å²) in [5.74, 6) is -0.112. The zero-order valence-electron chi connectivity index (χ0n) is 19.2. The molecule has 7 heteroatoms. The van der Waals surface area contributed by atoms with E-state index >= 15 is 0 Å². The summed E-state index contributed by atoms with van der Waals surface area (Å²) < 4.78 is 25.5. The molecule has 1 N–H and O–H groups in total. The van der Waals surface area contributed by atoms with Gasteiger partial charge in [-0.1, -0.05) is 44.2 Å². The molecule has 6 nitrogen and oxygen atoms in total. The highest BCUT2D eigenvalue weighted by atomic mass is 31.2. The molecule has 1 amide bonds. The molecule has 0 aromatic heterocycles. The van der Waals surface area contributed by atoms with Gasteiger partial charge in [0.2, 0.25) is 5.91 Å². The number of benzene rings is 1. The smallest absolute Gasteiger partial charge is 0.350 e. The molecule has 0 unspecified atom stereocenters. The van der Waals surface area contributed by atoms with Crippen LogP contribution < -0.4 is 5.32 Å². The first-order valence-corrected chi connectivity index (χ1v) is 12.1. The summed E-state index contributed by atoms with van der Waals surface area (Å²) in [5, 5.41) is 2.12. The molecule has 0 spiro atoms. The average Bonchev–Trinajstić information content (AvgIpc) is 2.62. The van der Waals surface area contributed by atoms with Gasteiger partial charge in [0.25, 0.3) is 0 Å². The zero-order chi connectivity index (χ0) is 22.1. The van der Waals surface area contributed by atoms with E-state index in [0.717, 1.165) is 5.56 Å². The van der Waals surface area contributed by atoms with Crippen LogP contribution in [-0.4, -0.2) is 41.4 Å².